The first kappa shape index (κ1) is 17.7. The van der Waals surface area contributed by atoms with E-state index >= 15 is 0 Å². The van der Waals surface area contributed by atoms with E-state index < -0.39 is 0 Å². The van der Waals surface area contributed by atoms with Crippen molar-refractivity contribution in [3.63, 3.8) is 0 Å². The van der Waals surface area contributed by atoms with Crippen LogP contribution in [0.15, 0.2) is 48.5 Å². The number of piperazine rings is 1. The minimum Gasteiger partial charge on any atom is -0.504 e. The third-order valence-corrected chi connectivity index (χ3v) is 4.44. The van der Waals surface area contributed by atoms with E-state index in [1.807, 2.05) is 24.3 Å². The first-order valence-electron chi connectivity index (χ1n) is 8.45. The number of hydrogen-bond donors (Lipinski definition) is 2. The number of para-hydroxylation sites is 2. The van der Waals surface area contributed by atoms with Crippen LogP contribution in [0.1, 0.15) is 5.56 Å². The van der Waals surface area contributed by atoms with Crippen LogP contribution < -0.4 is 9.64 Å². The molecule has 1 aliphatic rings. The fourth-order valence-electron chi connectivity index (χ4n) is 2.98. The zero-order valence-electron chi connectivity index (χ0n) is 14.6. The minimum atomic E-state index is -0.204. The third kappa shape index (κ3) is 3.91. The van der Waals surface area contributed by atoms with E-state index in [0.717, 1.165) is 24.5 Å². The lowest BCUT2D eigenvalue weighted by atomic mass is 10.2. The molecule has 2 N–H and O–H groups in total. The maximum Gasteiger partial charge on any atom is 0.246 e. The van der Waals surface area contributed by atoms with Gasteiger partial charge in [0.05, 0.1) is 12.8 Å². The van der Waals surface area contributed by atoms with Crippen molar-refractivity contribution >= 4 is 17.7 Å². The monoisotopic (exact) mass is 354 g/mol. The van der Waals surface area contributed by atoms with Gasteiger partial charge in [0.2, 0.25) is 5.91 Å². The van der Waals surface area contributed by atoms with Gasteiger partial charge >= 0.3 is 0 Å². The van der Waals surface area contributed by atoms with E-state index in [1.54, 1.807) is 24.2 Å². The fraction of sp³-hybridized carbons (Fsp3) is 0.250. The Morgan fingerprint density at radius 2 is 1.77 bits per heavy atom. The molecule has 0 aliphatic carbocycles. The number of methoxy groups -OCH3 is 1. The van der Waals surface area contributed by atoms with Crippen LogP contribution in [0.5, 0.6) is 17.2 Å². The highest BCUT2D eigenvalue weighted by atomic mass is 16.5. The van der Waals surface area contributed by atoms with Gasteiger partial charge in [0, 0.05) is 32.3 Å². The molecule has 0 aromatic heterocycles. The first-order valence-corrected chi connectivity index (χ1v) is 8.45. The Kier molecular flexibility index (Phi) is 5.31. The molecule has 0 saturated carbocycles. The average Bonchev–Trinajstić information content (AvgIpc) is 2.68. The average molecular weight is 354 g/mol. The Bertz CT molecular complexity index is 811. The third-order valence-electron chi connectivity index (χ3n) is 4.44. The van der Waals surface area contributed by atoms with Gasteiger partial charge in [-0.25, -0.2) is 0 Å². The van der Waals surface area contributed by atoms with Gasteiger partial charge in [0.25, 0.3) is 0 Å². The van der Waals surface area contributed by atoms with Crippen molar-refractivity contribution in [2.24, 2.45) is 0 Å². The number of phenolic OH excluding ortho intramolecular Hbond substituents is 2. The van der Waals surface area contributed by atoms with E-state index in [4.69, 9.17) is 4.74 Å². The molecule has 136 valence electrons. The van der Waals surface area contributed by atoms with Crippen LogP contribution in [-0.4, -0.2) is 54.3 Å². The number of ether oxygens (including phenoxy) is 1. The van der Waals surface area contributed by atoms with E-state index in [-0.39, 0.29) is 17.4 Å². The van der Waals surface area contributed by atoms with Gasteiger partial charge in [0.15, 0.2) is 11.5 Å². The van der Waals surface area contributed by atoms with Gasteiger partial charge in [-0.15, -0.1) is 0 Å². The lowest BCUT2D eigenvalue weighted by Crippen LogP contribution is -2.48. The maximum absolute atomic E-state index is 12.4. The normalized spacial score (nSPS) is 14.7. The Morgan fingerprint density at radius 3 is 2.46 bits per heavy atom. The van der Waals surface area contributed by atoms with Crippen molar-refractivity contribution in [1.29, 1.82) is 0 Å². The van der Waals surface area contributed by atoms with Crippen LogP contribution in [0.3, 0.4) is 0 Å². The van der Waals surface area contributed by atoms with Crippen LogP contribution >= 0.6 is 0 Å². The predicted octanol–water partition coefficient (Wildman–Crippen LogP) is 2.47. The molecule has 1 fully saturated rings. The van der Waals surface area contributed by atoms with E-state index in [2.05, 4.69) is 4.90 Å². The molecule has 6 nitrogen and oxygen atoms in total. The number of rotatable bonds is 4. The second-order valence-electron chi connectivity index (χ2n) is 6.07. The summed E-state index contributed by atoms with van der Waals surface area (Å²) in [6, 6.07) is 12.3. The molecule has 6 heteroatoms. The number of hydrogen-bond acceptors (Lipinski definition) is 5. The predicted molar refractivity (Wildman–Crippen MR) is 101 cm³/mol. The smallest absolute Gasteiger partial charge is 0.246 e. The second-order valence-corrected chi connectivity index (χ2v) is 6.07. The lowest BCUT2D eigenvalue weighted by Gasteiger charge is -2.36. The van der Waals surface area contributed by atoms with Crippen LogP contribution in [0.2, 0.25) is 0 Å². The maximum atomic E-state index is 12.4. The summed E-state index contributed by atoms with van der Waals surface area (Å²) in [7, 11) is 1.66. The van der Waals surface area contributed by atoms with Gasteiger partial charge in [-0.1, -0.05) is 18.2 Å². The summed E-state index contributed by atoms with van der Waals surface area (Å²) in [6.45, 7) is 2.73. The summed E-state index contributed by atoms with van der Waals surface area (Å²) in [5.41, 5.74) is 1.69. The molecule has 0 unspecified atom stereocenters. The molecule has 2 aromatic rings. The number of benzene rings is 2. The van der Waals surface area contributed by atoms with Crippen molar-refractivity contribution in [2.45, 2.75) is 0 Å². The van der Waals surface area contributed by atoms with Crippen molar-refractivity contribution < 1.29 is 19.7 Å². The van der Waals surface area contributed by atoms with Gasteiger partial charge in [0.1, 0.15) is 5.75 Å². The molecule has 26 heavy (non-hydrogen) atoms. The SMILES string of the molecule is COc1ccccc1N1CCN(C(=O)/C=C/c2ccc(O)c(O)c2)CC1. The van der Waals surface area contributed by atoms with Crippen molar-refractivity contribution in [3.05, 3.63) is 54.1 Å². The topological polar surface area (TPSA) is 73.2 Å². The summed E-state index contributed by atoms with van der Waals surface area (Å²) in [4.78, 5) is 16.4. The lowest BCUT2D eigenvalue weighted by molar-refractivity contribution is -0.126. The van der Waals surface area contributed by atoms with Crippen molar-refractivity contribution in [3.8, 4) is 17.2 Å². The summed E-state index contributed by atoms with van der Waals surface area (Å²) in [5.74, 6) is 0.377. The summed E-state index contributed by atoms with van der Waals surface area (Å²) in [5, 5.41) is 18.8. The molecule has 3 rings (SSSR count). The Balaban J connectivity index is 1.59. The van der Waals surface area contributed by atoms with Gasteiger partial charge < -0.3 is 24.7 Å². The second kappa shape index (κ2) is 7.82. The van der Waals surface area contributed by atoms with Gasteiger partial charge in [-0.2, -0.15) is 0 Å². The summed E-state index contributed by atoms with van der Waals surface area (Å²) >= 11 is 0. The highest BCUT2D eigenvalue weighted by Crippen LogP contribution is 2.28. The van der Waals surface area contributed by atoms with E-state index in [9.17, 15) is 15.0 Å². The number of amides is 1. The molecule has 0 spiro atoms. The zero-order valence-corrected chi connectivity index (χ0v) is 14.6. The summed E-state index contributed by atoms with van der Waals surface area (Å²) in [6.07, 6.45) is 3.12. The number of carbonyl (C=O) groups is 1. The Morgan fingerprint density at radius 1 is 1.04 bits per heavy atom. The molecule has 1 heterocycles. The number of phenols is 2. The molecule has 0 atom stereocenters. The van der Waals surface area contributed by atoms with Crippen LogP contribution in [0, 0.1) is 0 Å². The fourth-order valence-corrected chi connectivity index (χ4v) is 2.98. The number of aromatic hydroxyl groups is 2. The number of carbonyl (C=O) groups excluding carboxylic acids is 1. The molecule has 0 radical (unpaired) electrons. The number of anilines is 1. The molecule has 1 aliphatic heterocycles. The zero-order chi connectivity index (χ0) is 18.5. The molecule has 2 aromatic carbocycles. The minimum absolute atomic E-state index is 0.0720. The Labute approximate surface area is 152 Å². The highest BCUT2D eigenvalue weighted by molar-refractivity contribution is 5.92. The molecule has 0 bridgehead atoms. The largest absolute Gasteiger partial charge is 0.504 e. The molecular formula is C20H22N2O4. The van der Waals surface area contributed by atoms with E-state index in [0.29, 0.717) is 18.7 Å². The van der Waals surface area contributed by atoms with Gasteiger partial charge in [-0.05, 0) is 35.9 Å². The number of nitrogens with zero attached hydrogens (tertiary/aromatic N) is 2. The first-order chi connectivity index (χ1) is 12.6. The quantitative estimate of drug-likeness (QED) is 0.652. The Hall–Kier alpha value is -3.15. The standard InChI is InChI=1S/C20H22N2O4/c1-26-19-5-3-2-4-16(19)21-10-12-22(13-11-21)20(25)9-7-15-6-8-17(23)18(24)14-15/h2-9,14,23-24H,10-13H2,1H3/b9-7+. The summed E-state index contributed by atoms with van der Waals surface area (Å²) < 4.78 is 5.41. The molecule has 1 saturated heterocycles. The van der Waals surface area contributed by atoms with Gasteiger partial charge in [-0.3, -0.25) is 4.79 Å². The van der Waals surface area contributed by atoms with E-state index in [1.165, 1.54) is 18.2 Å². The molecular weight excluding hydrogens is 332 g/mol. The van der Waals surface area contributed by atoms with Crippen molar-refractivity contribution in [1.82, 2.24) is 4.90 Å². The van der Waals surface area contributed by atoms with Crippen LogP contribution in [-0.2, 0) is 4.79 Å². The molecule has 1 amide bonds. The van der Waals surface area contributed by atoms with Crippen molar-refractivity contribution in [2.75, 3.05) is 38.2 Å². The highest BCUT2D eigenvalue weighted by Gasteiger charge is 2.21. The van der Waals surface area contributed by atoms with Crippen LogP contribution in [0.4, 0.5) is 5.69 Å². The van der Waals surface area contributed by atoms with Crippen LogP contribution in [0.25, 0.3) is 6.08 Å².